The largest absolute Gasteiger partial charge is 0.355 e. The second-order valence-electron chi connectivity index (χ2n) is 6.91. The van der Waals surface area contributed by atoms with Crippen LogP contribution < -0.4 is 5.32 Å². The van der Waals surface area contributed by atoms with Crippen LogP contribution in [0.2, 0.25) is 0 Å². The molecule has 0 bridgehead atoms. The Bertz CT molecular complexity index is 398. The molecule has 1 heterocycles. The van der Waals surface area contributed by atoms with Crippen molar-refractivity contribution in [2.75, 3.05) is 39.3 Å². The molecule has 2 saturated carbocycles. The van der Waals surface area contributed by atoms with Crippen LogP contribution in [0.25, 0.3) is 0 Å². The van der Waals surface area contributed by atoms with E-state index >= 15 is 0 Å². The molecule has 0 aromatic heterocycles. The number of hydrogen-bond acceptors (Lipinski definition) is 3. The van der Waals surface area contributed by atoms with Gasteiger partial charge >= 0.3 is 0 Å². The Hall–Kier alpha value is -1.10. The van der Waals surface area contributed by atoms with Gasteiger partial charge in [-0.2, -0.15) is 0 Å². The smallest absolute Gasteiger partial charge is 0.226 e. The van der Waals surface area contributed by atoms with Crippen LogP contribution in [0.5, 0.6) is 0 Å². The first-order valence-corrected chi connectivity index (χ1v) is 8.44. The second-order valence-corrected chi connectivity index (χ2v) is 6.91. The van der Waals surface area contributed by atoms with Gasteiger partial charge < -0.3 is 10.2 Å². The van der Waals surface area contributed by atoms with E-state index in [0.717, 1.165) is 58.5 Å². The van der Waals surface area contributed by atoms with Gasteiger partial charge in [0.2, 0.25) is 11.8 Å². The molecule has 2 aliphatic carbocycles. The summed E-state index contributed by atoms with van der Waals surface area (Å²) in [5.74, 6) is 1.77. The zero-order valence-corrected chi connectivity index (χ0v) is 13.0. The highest BCUT2D eigenvalue weighted by Crippen LogP contribution is 2.39. The van der Waals surface area contributed by atoms with E-state index in [4.69, 9.17) is 0 Å². The maximum Gasteiger partial charge on any atom is 0.226 e. The Morgan fingerprint density at radius 1 is 1.14 bits per heavy atom. The second kappa shape index (κ2) is 6.34. The van der Waals surface area contributed by atoms with E-state index < -0.39 is 0 Å². The van der Waals surface area contributed by atoms with Crippen LogP contribution in [-0.4, -0.2) is 60.9 Å². The van der Waals surface area contributed by atoms with Crippen LogP contribution in [0.3, 0.4) is 0 Å². The molecule has 3 rings (SSSR count). The van der Waals surface area contributed by atoms with Gasteiger partial charge in [0, 0.05) is 51.1 Å². The highest BCUT2D eigenvalue weighted by atomic mass is 16.2. The molecule has 2 unspecified atom stereocenters. The molecule has 0 spiro atoms. The Labute approximate surface area is 127 Å². The maximum atomic E-state index is 12.1. The number of carbonyl (C=O) groups excluding carboxylic acids is 2. The lowest BCUT2D eigenvalue weighted by atomic mass is 9.85. The number of nitrogens with one attached hydrogen (secondary N) is 1. The van der Waals surface area contributed by atoms with Gasteiger partial charge in [0.25, 0.3) is 0 Å². The van der Waals surface area contributed by atoms with Gasteiger partial charge in [0.05, 0.1) is 0 Å². The molecule has 3 aliphatic rings. The van der Waals surface area contributed by atoms with Crippen molar-refractivity contribution in [2.24, 2.45) is 17.8 Å². The molecule has 5 heteroatoms. The summed E-state index contributed by atoms with van der Waals surface area (Å²) in [7, 11) is 0. The van der Waals surface area contributed by atoms with Crippen LogP contribution in [0.4, 0.5) is 0 Å². The Morgan fingerprint density at radius 3 is 2.33 bits per heavy atom. The van der Waals surface area contributed by atoms with Gasteiger partial charge in [0.1, 0.15) is 0 Å². The van der Waals surface area contributed by atoms with E-state index in [1.165, 1.54) is 6.42 Å². The average molecular weight is 293 g/mol. The molecule has 0 radical (unpaired) electrons. The number of amides is 2. The summed E-state index contributed by atoms with van der Waals surface area (Å²) in [6.45, 7) is 7.36. The van der Waals surface area contributed by atoms with Crippen molar-refractivity contribution in [2.45, 2.75) is 32.6 Å². The number of hydrogen-bond donors (Lipinski definition) is 1. The van der Waals surface area contributed by atoms with E-state index in [1.54, 1.807) is 0 Å². The summed E-state index contributed by atoms with van der Waals surface area (Å²) < 4.78 is 0. The van der Waals surface area contributed by atoms with Crippen LogP contribution in [0, 0.1) is 17.8 Å². The predicted octanol–water partition coefficient (Wildman–Crippen LogP) is 0.703. The molecule has 2 atom stereocenters. The number of nitrogens with zero attached hydrogens (tertiary/aromatic N) is 2. The van der Waals surface area contributed by atoms with E-state index in [0.29, 0.717) is 17.7 Å². The topological polar surface area (TPSA) is 52.7 Å². The molecule has 1 N–H and O–H groups in total. The minimum absolute atomic E-state index is 0.234. The lowest BCUT2D eigenvalue weighted by Gasteiger charge is -2.35. The third-order valence-corrected chi connectivity index (χ3v) is 5.31. The minimum atomic E-state index is 0.234. The summed E-state index contributed by atoms with van der Waals surface area (Å²) in [6, 6.07) is 0. The molecule has 0 aromatic carbocycles. The molecule has 1 aliphatic heterocycles. The lowest BCUT2D eigenvalue weighted by Crippen LogP contribution is -2.51. The summed E-state index contributed by atoms with van der Waals surface area (Å²) in [4.78, 5) is 28.3. The molecular formula is C16H27N3O2. The van der Waals surface area contributed by atoms with E-state index in [2.05, 4.69) is 17.1 Å². The number of rotatable bonds is 5. The zero-order valence-electron chi connectivity index (χ0n) is 13.0. The first kappa shape index (κ1) is 14.8. The fourth-order valence-corrected chi connectivity index (χ4v) is 3.24. The highest BCUT2D eigenvalue weighted by Gasteiger charge is 2.41. The first-order chi connectivity index (χ1) is 10.1. The standard InChI is InChI=1S/C16H27N3O2/c1-12-11-14(12)16(21)19-9-7-18(8-10-19)6-5-17-15(20)13-3-2-4-13/h12-14H,2-11H2,1H3,(H,17,20). The van der Waals surface area contributed by atoms with Crippen LogP contribution in [0.15, 0.2) is 0 Å². The molecule has 5 nitrogen and oxygen atoms in total. The summed E-state index contributed by atoms with van der Waals surface area (Å²) in [6.07, 6.45) is 4.40. The predicted molar refractivity (Wildman–Crippen MR) is 80.6 cm³/mol. The average Bonchev–Trinajstić information content (AvgIpc) is 3.14. The molecule has 118 valence electrons. The van der Waals surface area contributed by atoms with Crippen LogP contribution >= 0.6 is 0 Å². The van der Waals surface area contributed by atoms with Gasteiger partial charge in [-0.1, -0.05) is 13.3 Å². The minimum Gasteiger partial charge on any atom is -0.355 e. The van der Waals surface area contributed by atoms with Crippen molar-refractivity contribution in [3.63, 3.8) is 0 Å². The van der Waals surface area contributed by atoms with Gasteiger partial charge in [-0.25, -0.2) is 0 Å². The number of carbonyl (C=O) groups is 2. The third-order valence-electron chi connectivity index (χ3n) is 5.31. The Balaban J connectivity index is 1.30. The lowest BCUT2D eigenvalue weighted by molar-refractivity contribution is -0.134. The van der Waals surface area contributed by atoms with Crippen molar-refractivity contribution in [3.05, 3.63) is 0 Å². The highest BCUT2D eigenvalue weighted by molar-refractivity contribution is 5.81. The zero-order chi connectivity index (χ0) is 14.8. The molecule has 2 amide bonds. The summed E-state index contributed by atoms with van der Waals surface area (Å²) in [5.41, 5.74) is 0. The molecule has 1 saturated heterocycles. The van der Waals surface area contributed by atoms with Gasteiger partial charge in [-0.3, -0.25) is 14.5 Å². The first-order valence-electron chi connectivity index (χ1n) is 8.44. The monoisotopic (exact) mass is 293 g/mol. The van der Waals surface area contributed by atoms with Gasteiger partial charge in [0.15, 0.2) is 0 Å². The quantitative estimate of drug-likeness (QED) is 0.812. The van der Waals surface area contributed by atoms with E-state index in [9.17, 15) is 9.59 Å². The molecule has 3 fully saturated rings. The SMILES string of the molecule is CC1CC1C(=O)N1CCN(CCNC(=O)C2CCC2)CC1. The Kier molecular flexibility index (Phi) is 4.48. The van der Waals surface area contributed by atoms with Crippen molar-refractivity contribution >= 4 is 11.8 Å². The van der Waals surface area contributed by atoms with Gasteiger partial charge in [-0.15, -0.1) is 0 Å². The van der Waals surface area contributed by atoms with E-state index in [1.807, 2.05) is 4.90 Å². The van der Waals surface area contributed by atoms with Crippen LogP contribution in [0.1, 0.15) is 32.6 Å². The molecule has 21 heavy (non-hydrogen) atoms. The summed E-state index contributed by atoms with van der Waals surface area (Å²) in [5, 5.41) is 3.04. The van der Waals surface area contributed by atoms with Crippen molar-refractivity contribution < 1.29 is 9.59 Å². The Morgan fingerprint density at radius 2 is 1.81 bits per heavy atom. The molecular weight excluding hydrogens is 266 g/mol. The molecule has 0 aromatic rings. The maximum absolute atomic E-state index is 12.1. The van der Waals surface area contributed by atoms with Crippen molar-refractivity contribution in [1.82, 2.24) is 15.1 Å². The van der Waals surface area contributed by atoms with E-state index in [-0.39, 0.29) is 11.8 Å². The summed E-state index contributed by atoms with van der Waals surface area (Å²) >= 11 is 0. The van der Waals surface area contributed by atoms with Gasteiger partial charge in [-0.05, 0) is 25.2 Å². The van der Waals surface area contributed by atoms with Crippen molar-refractivity contribution in [3.8, 4) is 0 Å². The van der Waals surface area contributed by atoms with Crippen molar-refractivity contribution in [1.29, 1.82) is 0 Å². The fraction of sp³-hybridized carbons (Fsp3) is 0.875. The number of piperazine rings is 1. The van der Waals surface area contributed by atoms with Crippen LogP contribution in [-0.2, 0) is 9.59 Å². The fourth-order valence-electron chi connectivity index (χ4n) is 3.24. The third kappa shape index (κ3) is 3.57. The normalized spacial score (nSPS) is 29.9.